The second-order valence-electron chi connectivity index (χ2n) is 5.67. The molecule has 1 N–H and O–H groups in total. The number of methoxy groups -OCH3 is 2. The minimum absolute atomic E-state index is 0.0367. The first-order valence-electron chi connectivity index (χ1n) is 8.20. The Morgan fingerprint density at radius 1 is 1.18 bits per heavy atom. The zero-order chi connectivity index (χ0) is 20.1. The summed E-state index contributed by atoms with van der Waals surface area (Å²) in [7, 11) is -1.37. The number of sulfonamides is 1. The molecule has 3 rings (SSSR count). The number of carbonyl (C=O) groups is 1. The number of pyridine rings is 1. The smallest absolute Gasteiger partial charge is 0.337 e. The zero-order valence-electron chi connectivity index (χ0n) is 15.2. The molecule has 0 aliphatic carbocycles. The molecule has 7 nitrogen and oxygen atoms in total. The van der Waals surface area contributed by atoms with E-state index in [9.17, 15) is 13.2 Å². The molecular weight excluding hydrogens is 400 g/mol. The first kappa shape index (κ1) is 20.0. The van der Waals surface area contributed by atoms with Crippen LogP contribution in [0.15, 0.2) is 58.9 Å². The molecule has 3 aromatic rings. The number of hydrogen-bond donors (Lipinski definition) is 1. The fraction of sp³-hybridized carbons (Fsp3) is 0.158. The van der Waals surface area contributed by atoms with Gasteiger partial charge in [0, 0.05) is 12.7 Å². The molecule has 28 heavy (non-hydrogen) atoms. The van der Waals surface area contributed by atoms with Crippen LogP contribution in [0.5, 0.6) is 5.75 Å². The average molecular weight is 418 g/mol. The van der Waals surface area contributed by atoms with Gasteiger partial charge in [0.25, 0.3) is 0 Å². The molecule has 0 atom stereocenters. The highest BCUT2D eigenvalue weighted by Crippen LogP contribution is 2.28. The lowest BCUT2D eigenvalue weighted by molar-refractivity contribution is 0.0600. The molecule has 0 saturated carbocycles. The molecule has 0 spiro atoms. The van der Waals surface area contributed by atoms with E-state index in [0.717, 1.165) is 16.1 Å². The van der Waals surface area contributed by atoms with Crippen molar-refractivity contribution in [2.45, 2.75) is 11.4 Å². The predicted molar refractivity (Wildman–Crippen MR) is 106 cm³/mol. The van der Waals surface area contributed by atoms with E-state index in [0.29, 0.717) is 0 Å². The Hall–Kier alpha value is -2.75. The number of nitrogens with one attached hydrogen (secondary N) is 1. The number of hydrogen-bond acceptors (Lipinski definition) is 7. The van der Waals surface area contributed by atoms with Crippen molar-refractivity contribution >= 4 is 27.3 Å². The van der Waals surface area contributed by atoms with Crippen LogP contribution in [0.25, 0.3) is 10.6 Å². The summed E-state index contributed by atoms with van der Waals surface area (Å²) in [5, 5.41) is 1.93. The van der Waals surface area contributed by atoms with Gasteiger partial charge in [0.1, 0.15) is 10.6 Å². The molecule has 0 saturated heterocycles. The van der Waals surface area contributed by atoms with E-state index >= 15 is 0 Å². The summed E-state index contributed by atoms with van der Waals surface area (Å²) >= 11 is 1.52. The number of thiophene rings is 1. The summed E-state index contributed by atoms with van der Waals surface area (Å²) in [6.07, 6.45) is 1.66. The lowest BCUT2D eigenvalue weighted by Gasteiger charge is -2.13. The summed E-state index contributed by atoms with van der Waals surface area (Å²) < 4.78 is 38.1. The second kappa shape index (κ2) is 8.51. The number of carbonyl (C=O) groups excluding carboxylic acids is 1. The van der Waals surface area contributed by atoms with Gasteiger partial charge in [0.15, 0.2) is 0 Å². The molecule has 0 aliphatic heterocycles. The van der Waals surface area contributed by atoms with Crippen LogP contribution in [-0.2, 0) is 21.3 Å². The van der Waals surface area contributed by atoms with E-state index in [1.54, 1.807) is 12.3 Å². The lowest BCUT2D eigenvalue weighted by atomic mass is 10.2. The van der Waals surface area contributed by atoms with Crippen molar-refractivity contribution in [3.63, 3.8) is 0 Å². The van der Waals surface area contributed by atoms with Gasteiger partial charge in [-0.1, -0.05) is 12.1 Å². The monoisotopic (exact) mass is 418 g/mol. The van der Waals surface area contributed by atoms with Gasteiger partial charge in [0.2, 0.25) is 10.0 Å². The number of esters is 1. The normalized spacial score (nSPS) is 11.2. The van der Waals surface area contributed by atoms with Crippen LogP contribution in [0.3, 0.4) is 0 Å². The SMILES string of the molecule is COC(=O)c1ccc(OC)c(S(=O)(=O)NCc2cccnc2-c2cccs2)c1. The van der Waals surface area contributed by atoms with E-state index in [4.69, 9.17) is 4.74 Å². The maximum absolute atomic E-state index is 12.9. The zero-order valence-corrected chi connectivity index (χ0v) is 16.8. The molecule has 0 fully saturated rings. The van der Waals surface area contributed by atoms with Crippen LogP contribution in [0, 0.1) is 0 Å². The Labute approximate surface area is 167 Å². The maximum atomic E-state index is 12.9. The molecule has 146 valence electrons. The van der Waals surface area contributed by atoms with Gasteiger partial charge in [-0.3, -0.25) is 4.98 Å². The summed E-state index contributed by atoms with van der Waals surface area (Å²) in [4.78, 5) is 16.9. The van der Waals surface area contributed by atoms with Crippen molar-refractivity contribution in [1.29, 1.82) is 0 Å². The summed E-state index contributed by atoms with van der Waals surface area (Å²) in [6, 6.07) is 11.5. The molecule has 0 amide bonds. The Morgan fingerprint density at radius 3 is 2.68 bits per heavy atom. The topological polar surface area (TPSA) is 94.6 Å². The van der Waals surface area contributed by atoms with Gasteiger partial charge >= 0.3 is 5.97 Å². The van der Waals surface area contributed by atoms with Crippen molar-refractivity contribution in [1.82, 2.24) is 9.71 Å². The van der Waals surface area contributed by atoms with Crippen LogP contribution in [0.1, 0.15) is 15.9 Å². The Morgan fingerprint density at radius 2 is 2.00 bits per heavy atom. The van der Waals surface area contributed by atoms with Crippen molar-refractivity contribution < 1.29 is 22.7 Å². The fourth-order valence-electron chi connectivity index (χ4n) is 2.60. The maximum Gasteiger partial charge on any atom is 0.337 e. The molecule has 0 bridgehead atoms. The highest BCUT2D eigenvalue weighted by atomic mass is 32.2. The van der Waals surface area contributed by atoms with E-state index < -0.39 is 16.0 Å². The van der Waals surface area contributed by atoms with Gasteiger partial charge in [-0.15, -0.1) is 11.3 Å². The summed E-state index contributed by atoms with van der Waals surface area (Å²) in [6.45, 7) is 0.0367. The highest BCUT2D eigenvalue weighted by Gasteiger charge is 2.22. The minimum atomic E-state index is -3.96. The third kappa shape index (κ3) is 4.22. The van der Waals surface area contributed by atoms with Crippen molar-refractivity contribution in [2.75, 3.05) is 14.2 Å². The van der Waals surface area contributed by atoms with Gasteiger partial charge in [-0.25, -0.2) is 17.9 Å². The molecule has 0 radical (unpaired) electrons. The van der Waals surface area contributed by atoms with Gasteiger partial charge < -0.3 is 9.47 Å². The van der Waals surface area contributed by atoms with E-state index in [-0.39, 0.29) is 22.8 Å². The van der Waals surface area contributed by atoms with Crippen LogP contribution in [0.2, 0.25) is 0 Å². The van der Waals surface area contributed by atoms with Crippen molar-refractivity contribution in [2.24, 2.45) is 0 Å². The third-order valence-electron chi connectivity index (χ3n) is 3.97. The molecular formula is C19H18N2O5S2. The molecule has 2 aromatic heterocycles. The van der Waals surface area contributed by atoms with Crippen molar-refractivity contribution in [3.8, 4) is 16.3 Å². The molecule has 1 aromatic carbocycles. The first-order valence-corrected chi connectivity index (χ1v) is 10.6. The lowest BCUT2D eigenvalue weighted by Crippen LogP contribution is -2.24. The molecule has 0 unspecified atom stereocenters. The van der Waals surface area contributed by atoms with Crippen LogP contribution >= 0.6 is 11.3 Å². The Kier molecular flexibility index (Phi) is 6.08. The van der Waals surface area contributed by atoms with Gasteiger partial charge in [-0.05, 0) is 41.3 Å². The molecule has 0 aliphatic rings. The van der Waals surface area contributed by atoms with E-state index in [2.05, 4.69) is 14.4 Å². The standard InChI is InChI=1S/C19H18N2O5S2/c1-25-15-8-7-13(19(22)26-2)11-17(15)28(23,24)21-12-14-5-3-9-20-18(14)16-6-4-10-27-16/h3-11,21H,12H2,1-2H3. The van der Waals surface area contributed by atoms with Crippen LogP contribution in [0.4, 0.5) is 0 Å². The quantitative estimate of drug-likeness (QED) is 0.593. The number of nitrogens with zero attached hydrogens (tertiary/aromatic N) is 1. The minimum Gasteiger partial charge on any atom is -0.495 e. The number of benzene rings is 1. The Bertz CT molecular complexity index is 1080. The van der Waals surface area contributed by atoms with Gasteiger partial charge in [0.05, 0.1) is 30.4 Å². The Balaban J connectivity index is 1.91. The average Bonchev–Trinajstić information content (AvgIpc) is 3.26. The number of rotatable bonds is 7. The van der Waals surface area contributed by atoms with Crippen LogP contribution < -0.4 is 9.46 Å². The molecule has 2 heterocycles. The second-order valence-corrected chi connectivity index (χ2v) is 8.35. The summed E-state index contributed by atoms with van der Waals surface area (Å²) in [5.74, 6) is -0.504. The predicted octanol–water partition coefficient (Wildman–Crippen LogP) is 3.08. The fourth-order valence-corrected chi connectivity index (χ4v) is 4.55. The number of aromatic nitrogens is 1. The summed E-state index contributed by atoms with van der Waals surface area (Å²) in [5.41, 5.74) is 1.57. The molecule has 9 heteroatoms. The first-order chi connectivity index (χ1) is 13.5. The third-order valence-corrected chi connectivity index (χ3v) is 6.27. The van der Waals surface area contributed by atoms with Crippen LogP contribution in [-0.4, -0.2) is 33.6 Å². The van der Waals surface area contributed by atoms with Gasteiger partial charge in [-0.2, -0.15) is 0 Å². The van der Waals surface area contributed by atoms with E-state index in [1.807, 2.05) is 23.6 Å². The van der Waals surface area contributed by atoms with Crippen molar-refractivity contribution in [3.05, 3.63) is 65.2 Å². The highest BCUT2D eigenvalue weighted by molar-refractivity contribution is 7.89. The largest absolute Gasteiger partial charge is 0.495 e. The number of ether oxygens (including phenoxy) is 2. The van der Waals surface area contributed by atoms with E-state index in [1.165, 1.54) is 43.8 Å².